The van der Waals surface area contributed by atoms with Crippen LogP contribution in [0.25, 0.3) is 21.9 Å². The Bertz CT molecular complexity index is 1330. The molecule has 1 aliphatic rings. The number of likely N-dealkylation sites (tertiary alicyclic amines) is 1. The number of para-hydroxylation sites is 1. The van der Waals surface area contributed by atoms with Crippen molar-refractivity contribution in [3.8, 4) is 0 Å². The predicted molar refractivity (Wildman–Crippen MR) is 122 cm³/mol. The van der Waals surface area contributed by atoms with Crippen LogP contribution in [0, 0.1) is 5.82 Å². The topological polar surface area (TPSA) is 60.1 Å². The monoisotopic (exact) mass is 432 g/mol. The van der Waals surface area contributed by atoms with E-state index in [1.54, 1.807) is 12.1 Å². The number of benzene rings is 2. The van der Waals surface area contributed by atoms with Gasteiger partial charge in [0.2, 0.25) is 5.91 Å². The molecule has 2 aromatic heterocycles. The maximum absolute atomic E-state index is 13.5. The van der Waals surface area contributed by atoms with Crippen LogP contribution >= 0.6 is 0 Å². The van der Waals surface area contributed by atoms with E-state index in [1.165, 1.54) is 23.0 Å². The zero-order valence-corrected chi connectivity index (χ0v) is 17.8. The molecule has 0 bridgehead atoms. The third-order valence-electron chi connectivity index (χ3n) is 6.25. The van der Waals surface area contributed by atoms with Crippen LogP contribution in [-0.4, -0.2) is 38.0 Å². The Morgan fingerprint density at radius 2 is 1.69 bits per heavy atom. The molecule has 164 valence electrons. The third kappa shape index (κ3) is 3.79. The fraction of sp³-hybridized carbons (Fsp3) is 0.320. The van der Waals surface area contributed by atoms with Crippen molar-refractivity contribution in [1.29, 1.82) is 0 Å². The smallest absolute Gasteiger partial charge is 0.278 e. The summed E-state index contributed by atoms with van der Waals surface area (Å²) in [6.45, 7) is 1.93. The van der Waals surface area contributed by atoms with Gasteiger partial charge in [-0.25, -0.2) is 9.37 Å². The lowest BCUT2D eigenvalue weighted by molar-refractivity contribution is -0.131. The Kier molecular flexibility index (Phi) is 5.47. The van der Waals surface area contributed by atoms with Crippen LogP contribution < -0.4 is 5.56 Å². The largest absolute Gasteiger partial charge is 0.341 e. The summed E-state index contributed by atoms with van der Waals surface area (Å²) in [5.41, 5.74) is 2.45. The molecular weight excluding hydrogens is 407 g/mol. The lowest BCUT2D eigenvalue weighted by Gasteiger charge is -2.21. The van der Waals surface area contributed by atoms with Crippen LogP contribution in [0.3, 0.4) is 0 Å². The molecule has 1 amide bonds. The van der Waals surface area contributed by atoms with Gasteiger partial charge < -0.3 is 9.47 Å². The maximum atomic E-state index is 13.5. The zero-order chi connectivity index (χ0) is 22.1. The minimum atomic E-state index is -0.318. The second-order valence-electron chi connectivity index (χ2n) is 8.40. The molecule has 0 atom stereocenters. The van der Waals surface area contributed by atoms with E-state index in [0.29, 0.717) is 11.0 Å². The lowest BCUT2D eigenvalue weighted by atomic mass is 10.2. The molecule has 5 rings (SSSR count). The predicted octanol–water partition coefficient (Wildman–Crippen LogP) is 3.94. The molecular formula is C25H25FN4O2. The highest BCUT2D eigenvalue weighted by molar-refractivity contribution is 6.06. The Balaban J connectivity index is 1.59. The van der Waals surface area contributed by atoms with Crippen molar-refractivity contribution in [1.82, 2.24) is 19.0 Å². The number of rotatable bonds is 4. The SMILES string of the molecule is O=C(Cn1c2ccccc2c2ncn(Cc3ccc(F)cc3)c(=O)c21)N1CCCCCC1. The summed E-state index contributed by atoms with van der Waals surface area (Å²) in [6, 6.07) is 13.7. The molecule has 1 saturated heterocycles. The summed E-state index contributed by atoms with van der Waals surface area (Å²) in [7, 11) is 0. The van der Waals surface area contributed by atoms with Gasteiger partial charge in [0.1, 0.15) is 23.4 Å². The number of aromatic nitrogens is 3. The van der Waals surface area contributed by atoms with Crippen LogP contribution in [-0.2, 0) is 17.9 Å². The van der Waals surface area contributed by atoms with E-state index in [9.17, 15) is 14.0 Å². The van der Waals surface area contributed by atoms with E-state index < -0.39 is 0 Å². The van der Waals surface area contributed by atoms with Crippen LogP contribution in [0.2, 0.25) is 0 Å². The number of nitrogens with zero attached hydrogens (tertiary/aromatic N) is 4. The second kappa shape index (κ2) is 8.57. The number of halogens is 1. The van der Waals surface area contributed by atoms with Gasteiger partial charge in [-0.3, -0.25) is 14.2 Å². The fourth-order valence-electron chi connectivity index (χ4n) is 4.57. The van der Waals surface area contributed by atoms with Crippen LogP contribution in [0.15, 0.2) is 59.7 Å². The van der Waals surface area contributed by atoms with E-state index >= 15 is 0 Å². The summed E-state index contributed by atoms with van der Waals surface area (Å²) in [6.07, 6.45) is 5.87. The van der Waals surface area contributed by atoms with E-state index in [1.807, 2.05) is 33.7 Å². The number of amides is 1. The Morgan fingerprint density at radius 1 is 0.969 bits per heavy atom. The molecule has 0 N–H and O–H groups in total. The van der Waals surface area contributed by atoms with Gasteiger partial charge >= 0.3 is 0 Å². The summed E-state index contributed by atoms with van der Waals surface area (Å²) in [5, 5.41) is 0.859. The molecule has 32 heavy (non-hydrogen) atoms. The Labute approximate surface area is 184 Å². The maximum Gasteiger partial charge on any atom is 0.278 e. The van der Waals surface area contributed by atoms with Gasteiger partial charge in [0.15, 0.2) is 0 Å². The fourth-order valence-corrected chi connectivity index (χ4v) is 4.57. The van der Waals surface area contributed by atoms with Gasteiger partial charge in [-0.2, -0.15) is 0 Å². The summed E-state index contributed by atoms with van der Waals surface area (Å²) < 4.78 is 16.6. The highest BCUT2D eigenvalue weighted by Gasteiger charge is 2.21. The normalized spacial score (nSPS) is 14.7. The first-order valence-corrected chi connectivity index (χ1v) is 11.1. The van der Waals surface area contributed by atoms with Gasteiger partial charge in [-0.05, 0) is 36.6 Å². The standard InChI is InChI=1S/C25H25FN4O2/c26-19-11-9-18(10-12-19)15-29-17-27-23-20-7-3-4-8-21(20)30(24(23)25(29)32)16-22(31)28-13-5-1-2-6-14-28/h3-4,7-12,17H,1-2,5-6,13-16H2. The number of hydrogen-bond acceptors (Lipinski definition) is 3. The molecule has 0 spiro atoms. The van der Waals surface area contributed by atoms with Gasteiger partial charge in [-0.15, -0.1) is 0 Å². The van der Waals surface area contributed by atoms with Gasteiger partial charge in [0.25, 0.3) is 5.56 Å². The lowest BCUT2D eigenvalue weighted by Crippen LogP contribution is -2.35. The van der Waals surface area contributed by atoms with Crippen LogP contribution in [0.1, 0.15) is 31.2 Å². The average Bonchev–Trinajstić information content (AvgIpc) is 2.95. The molecule has 4 aromatic rings. The molecule has 2 aromatic carbocycles. The molecule has 0 unspecified atom stereocenters. The minimum absolute atomic E-state index is 0.0305. The van der Waals surface area contributed by atoms with Crippen molar-refractivity contribution in [3.63, 3.8) is 0 Å². The quantitative estimate of drug-likeness (QED) is 0.491. The molecule has 3 heterocycles. The van der Waals surface area contributed by atoms with Gasteiger partial charge in [-0.1, -0.05) is 43.2 Å². The summed E-state index contributed by atoms with van der Waals surface area (Å²) >= 11 is 0. The number of hydrogen-bond donors (Lipinski definition) is 0. The van der Waals surface area contributed by atoms with Gasteiger partial charge in [0.05, 0.1) is 18.4 Å². The van der Waals surface area contributed by atoms with E-state index in [0.717, 1.165) is 55.2 Å². The number of fused-ring (bicyclic) bond motifs is 3. The first-order chi connectivity index (χ1) is 15.6. The number of carbonyl (C=O) groups excluding carboxylic acids is 1. The summed E-state index contributed by atoms with van der Waals surface area (Å²) in [5.74, 6) is -0.287. The molecule has 7 heteroatoms. The average molecular weight is 432 g/mol. The second-order valence-corrected chi connectivity index (χ2v) is 8.40. The van der Waals surface area contributed by atoms with E-state index in [-0.39, 0.29) is 30.4 Å². The Hall–Kier alpha value is -3.48. The minimum Gasteiger partial charge on any atom is -0.341 e. The molecule has 1 fully saturated rings. The summed E-state index contributed by atoms with van der Waals surface area (Å²) in [4.78, 5) is 33.2. The molecule has 0 aliphatic carbocycles. The van der Waals surface area contributed by atoms with Crippen molar-refractivity contribution in [3.05, 3.63) is 76.6 Å². The third-order valence-corrected chi connectivity index (χ3v) is 6.25. The van der Waals surface area contributed by atoms with Gasteiger partial charge in [0, 0.05) is 18.5 Å². The first-order valence-electron chi connectivity index (χ1n) is 11.1. The molecule has 1 aliphatic heterocycles. The van der Waals surface area contributed by atoms with Crippen LogP contribution in [0.4, 0.5) is 4.39 Å². The van der Waals surface area contributed by atoms with Crippen molar-refractivity contribution < 1.29 is 9.18 Å². The van der Waals surface area contributed by atoms with Crippen LogP contribution in [0.5, 0.6) is 0 Å². The van der Waals surface area contributed by atoms with E-state index in [4.69, 9.17) is 0 Å². The Morgan fingerprint density at radius 3 is 2.44 bits per heavy atom. The zero-order valence-electron chi connectivity index (χ0n) is 17.8. The van der Waals surface area contributed by atoms with Crippen molar-refractivity contribution in [2.75, 3.05) is 13.1 Å². The molecule has 0 radical (unpaired) electrons. The van der Waals surface area contributed by atoms with E-state index in [2.05, 4.69) is 4.98 Å². The molecule has 6 nitrogen and oxygen atoms in total. The van der Waals surface area contributed by atoms with Crippen molar-refractivity contribution in [2.24, 2.45) is 0 Å². The molecule has 0 saturated carbocycles. The number of carbonyl (C=O) groups is 1. The highest BCUT2D eigenvalue weighted by Crippen LogP contribution is 2.25. The van der Waals surface area contributed by atoms with Crippen molar-refractivity contribution >= 4 is 27.8 Å². The van der Waals surface area contributed by atoms with Crippen molar-refractivity contribution in [2.45, 2.75) is 38.8 Å². The highest BCUT2D eigenvalue weighted by atomic mass is 19.1. The first kappa shape index (κ1) is 20.4.